The van der Waals surface area contributed by atoms with Gasteiger partial charge in [-0.3, -0.25) is 0 Å². The summed E-state index contributed by atoms with van der Waals surface area (Å²) >= 11 is 3.51. The molecule has 0 heterocycles. The van der Waals surface area contributed by atoms with E-state index in [1.54, 1.807) is 7.11 Å². The molecular formula is C11H16BrNO. The minimum Gasteiger partial charge on any atom is -0.385 e. The van der Waals surface area contributed by atoms with Crippen LogP contribution in [0.4, 0.5) is 0 Å². The lowest BCUT2D eigenvalue weighted by Crippen LogP contribution is -2.16. The monoisotopic (exact) mass is 257 g/mol. The third-order valence-corrected chi connectivity index (χ3v) is 2.75. The van der Waals surface area contributed by atoms with E-state index in [-0.39, 0.29) is 0 Å². The van der Waals surface area contributed by atoms with Gasteiger partial charge in [-0.15, -0.1) is 0 Å². The molecule has 0 aliphatic heterocycles. The van der Waals surface area contributed by atoms with Crippen molar-refractivity contribution in [3.8, 4) is 0 Å². The molecule has 0 radical (unpaired) electrons. The predicted molar refractivity (Wildman–Crippen MR) is 62.3 cm³/mol. The van der Waals surface area contributed by atoms with Crippen LogP contribution in [-0.4, -0.2) is 20.3 Å². The number of benzene rings is 1. The molecular weight excluding hydrogens is 242 g/mol. The Morgan fingerprint density at radius 3 is 2.86 bits per heavy atom. The Morgan fingerprint density at radius 1 is 1.36 bits per heavy atom. The lowest BCUT2D eigenvalue weighted by molar-refractivity contribution is 0.194. The Bertz CT molecular complexity index is 265. The van der Waals surface area contributed by atoms with Gasteiger partial charge >= 0.3 is 0 Å². The van der Waals surface area contributed by atoms with Gasteiger partial charge in [0.05, 0.1) is 0 Å². The van der Waals surface area contributed by atoms with Crippen molar-refractivity contribution in [3.05, 3.63) is 34.3 Å². The molecule has 0 atom stereocenters. The van der Waals surface area contributed by atoms with Gasteiger partial charge in [0.2, 0.25) is 0 Å². The van der Waals surface area contributed by atoms with E-state index in [0.717, 1.165) is 26.1 Å². The molecule has 0 spiro atoms. The first-order valence-corrected chi connectivity index (χ1v) is 5.57. The molecule has 0 unspecified atom stereocenters. The molecule has 3 heteroatoms. The Balaban J connectivity index is 2.21. The van der Waals surface area contributed by atoms with Crippen molar-refractivity contribution in [1.82, 2.24) is 5.32 Å². The largest absolute Gasteiger partial charge is 0.385 e. The van der Waals surface area contributed by atoms with Gasteiger partial charge in [-0.25, -0.2) is 0 Å². The van der Waals surface area contributed by atoms with Crippen LogP contribution < -0.4 is 5.32 Å². The van der Waals surface area contributed by atoms with Crippen molar-refractivity contribution in [2.45, 2.75) is 13.0 Å². The fourth-order valence-corrected chi connectivity index (χ4v) is 1.63. The molecule has 78 valence electrons. The number of nitrogens with one attached hydrogen (secondary N) is 1. The van der Waals surface area contributed by atoms with Crippen LogP contribution in [-0.2, 0) is 11.3 Å². The molecule has 1 aromatic rings. The molecule has 0 saturated heterocycles. The first-order chi connectivity index (χ1) is 6.84. The van der Waals surface area contributed by atoms with Crippen molar-refractivity contribution in [2.24, 2.45) is 0 Å². The molecule has 0 aliphatic rings. The minimum absolute atomic E-state index is 0.822. The third-order valence-electron chi connectivity index (χ3n) is 1.98. The van der Waals surface area contributed by atoms with E-state index < -0.39 is 0 Å². The van der Waals surface area contributed by atoms with E-state index in [4.69, 9.17) is 4.74 Å². The second-order valence-corrected chi connectivity index (χ2v) is 3.97. The summed E-state index contributed by atoms with van der Waals surface area (Å²) in [6.45, 7) is 2.73. The van der Waals surface area contributed by atoms with Crippen LogP contribution in [0.15, 0.2) is 28.7 Å². The molecule has 0 bridgehead atoms. The zero-order valence-corrected chi connectivity index (χ0v) is 10.0. The van der Waals surface area contributed by atoms with Gasteiger partial charge in [-0.2, -0.15) is 0 Å². The molecule has 1 rings (SSSR count). The average molecular weight is 258 g/mol. The van der Waals surface area contributed by atoms with Crippen LogP contribution in [0.2, 0.25) is 0 Å². The maximum Gasteiger partial charge on any atom is 0.0474 e. The molecule has 0 fully saturated rings. The summed E-state index contributed by atoms with van der Waals surface area (Å²) < 4.78 is 6.13. The van der Waals surface area contributed by atoms with Gasteiger partial charge in [0.15, 0.2) is 0 Å². The van der Waals surface area contributed by atoms with Crippen LogP contribution in [0.25, 0.3) is 0 Å². The van der Waals surface area contributed by atoms with Crippen LogP contribution >= 0.6 is 15.9 Å². The first-order valence-electron chi connectivity index (χ1n) is 4.77. The number of methoxy groups -OCH3 is 1. The maximum atomic E-state index is 4.97. The van der Waals surface area contributed by atoms with Gasteiger partial charge in [0, 0.05) is 24.7 Å². The van der Waals surface area contributed by atoms with Crippen LogP contribution in [0.1, 0.15) is 12.0 Å². The number of ether oxygens (including phenoxy) is 1. The Kier molecular flexibility index (Phi) is 5.83. The highest BCUT2D eigenvalue weighted by atomic mass is 79.9. The first kappa shape index (κ1) is 11.7. The fraction of sp³-hybridized carbons (Fsp3) is 0.455. The maximum absolute atomic E-state index is 4.97. The van der Waals surface area contributed by atoms with E-state index in [0.29, 0.717) is 0 Å². The highest BCUT2D eigenvalue weighted by Crippen LogP contribution is 2.15. The smallest absolute Gasteiger partial charge is 0.0474 e. The van der Waals surface area contributed by atoms with E-state index in [2.05, 4.69) is 39.4 Å². The molecule has 0 aliphatic carbocycles. The normalized spacial score (nSPS) is 10.4. The van der Waals surface area contributed by atoms with Crippen LogP contribution in [0.5, 0.6) is 0 Å². The summed E-state index contributed by atoms with van der Waals surface area (Å²) in [5.74, 6) is 0. The van der Waals surface area contributed by atoms with Crippen LogP contribution in [0.3, 0.4) is 0 Å². The summed E-state index contributed by atoms with van der Waals surface area (Å²) in [5.41, 5.74) is 1.30. The summed E-state index contributed by atoms with van der Waals surface area (Å²) in [6.07, 6.45) is 1.06. The van der Waals surface area contributed by atoms with Crippen molar-refractivity contribution < 1.29 is 4.74 Å². The average Bonchev–Trinajstić information content (AvgIpc) is 2.20. The SMILES string of the molecule is COCCCNCc1ccccc1Br. The zero-order chi connectivity index (χ0) is 10.2. The van der Waals surface area contributed by atoms with Crippen LogP contribution in [0, 0.1) is 0 Å². The number of halogens is 1. The van der Waals surface area contributed by atoms with Gasteiger partial charge in [-0.05, 0) is 24.6 Å². The standard InChI is InChI=1S/C11H16BrNO/c1-14-8-4-7-13-9-10-5-2-3-6-11(10)12/h2-3,5-6,13H,4,7-9H2,1H3. The summed E-state index contributed by atoms with van der Waals surface area (Å²) in [4.78, 5) is 0. The number of rotatable bonds is 6. The number of hydrogen-bond acceptors (Lipinski definition) is 2. The minimum atomic E-state index is 0.822. The van der Waals surface area contributed by atoms with Gasteiger partial charge < -0.3 is 10.1 Å². The van der Waals surface area contributed by atoms with E-state index in [1.807, 2.05) is 6.07 Å². The highest BCUT2D eigenvalue weighted by Gasteiger charge is 1.96. The lowest BCUT2D eigenvalue weighted by Gasteiger charge is -2.06. The molecule has 0 amide bonds. The third kappa shape index (κ3) is 4.22. The van der Waals surface area contributed by atoms with Crippen molar-refractivity contribution in [1.29, 1.82) is 0 Å². The second kappa shape index (κ2) is 6.98. The molecule has 1 aromatic carbocycles. The summed E-state index contributed by atoms with van der Waals surface area (Å²) in [5, 5.41) is 3.37. The topological polar surface area (TPSA) is 21.3 Å². The summed E-state index contributed by atoms with van der Waals surface area (Å²) in [6, 6.07) is 8.26. The predicted octanol–water partition coefficient (Wildman–Crippen LogP) is 2.58. The molecule has 0 aromatic heterocycles. The van der Waals surface area contributed by atoms with Gasteiger partial charge in [0.1, 0.15) is 0 Å². The molecule has 2 nitrogen and oxygen atoms in total. The van der Waals surface area contributed by atoms with E-state index >= 15 is 0 Å². The Hall–Kier alpha value is -0.380. The fourth-order valence-electron chi connectivity index (χ4n) is 1.21. The van der Waals surface area contributed by atoms with E-state index in [1.165, 1.54) is 10.0 Å². The van der Waals surface area contributed by atoms with Gasteiger partial charge in [-0.1, -0.05) is 34.1 Å². The quantitative estimate of drug-likeness (QED) is 0.792. The van der Waals surface area contributed by atoms with Gasteiger partial charge in [0.25, 0.3) is 0 Å². The zero-order valence-electron chi connectivity index (χ0n) is 8.42. The summed E-state index contributed by atoms with van der Waals surface area (Å²) in [7, 11) is 1.73. The Morgan fingerprint density at radius 2 is 2.14 bits per heavy atom. The van der Waals surface area contributed by atoms with Crippen molar-refractivity contribution in [2.75, 3.05) is 20.3 Å². The molecule has 14 heavy (non-hydrogen) atoms. The highest BCUT2D eigenvalue weighted by molar-refractivity contribution is 9.10. The second-order valence-electron chi connectivity index (χ2n) is 3.11. The molecule has 1 N–H and O–H groups in total. The van der Waals surface area contributed by atoms with Crippen molar-refractivity contribution >= 4 is 15.9 Å². The Labute approximate surface area is 93.8 Å². The number of hydrogen-bond donors (Lipinski definition) is 1. The molecule has 0 saturated carbocycles. The van der Waals surface area contributed by atoms with Crippen molar-refractivity contribution in [3.63, 3.8) is 0 Å². The van der Waals surface area contributed by atoms with E-state index in [9.17, 15) is 0 Å². The lowest BCUT2D eigenvalue weighted by atomic mass is 10.2.